The molecule has 6 nitrogen and oxygen atoms in total. The summed E-state index contributed by atoms with van der Waals surface area (Å²) in [4.78, 5) is 40.4. The van der Waals surface area contributed by atoms with Crippen LogP contribution in [0.15, 0.2) is 18.2 Å². The van der Waals surface area contributed by atoms with Crippen LogP contribution in [-0.4, -0.2) is 59.7 Å². The third-order valence-corrected chi connectivity index (χ3v) is 5.97. The van der Waals surface area contributed by atoms with E-state index < -0.39 is 0 Å². The summed E-state index contributed by atoms with van der Waals surface area (Å²) in [6.07, 6.45) is 5.70. The van der Waals surface area contributed by atoms with Gasteiger partial charge in [0.25, 0.3) is 0 Å². The first-order valence-corrected chi connectivity index (χ1v) is 10.1. The van der Waals surface area contributed by atoms with E-state index in [1.54, 1.807) is 4.90 Å². The molecule has 3 amide bonds. The van der Waals surface area contributed by atoms with Crippen molar-refractivity contribution in [3.8, 4) is 0 Å². The summed E-state index contributed by atoms with van der Waals surface area (Å²) in [6.45, 7) is 2.44. The van der Waals surface area contributed by atoms with Gasteiger partial charge >= 0.3 is 0 Å². The third kappa shape index (κ3) is 3.99. The second-order valence-electron chi connectivity index (χ2n) is 7.85. The van der Waals surface area contributed by atoms with Gasteiger partial charge in [0.1, 0.15) is 6.04 Å². The Hall–Kier alpha value is -2.37. The van der Waals surface area contributed by atoms with Crippen LogP contribution in [-0.2, 0) is 33.6 Å². The highest BCUT2D eigenvalue weighted by Gasteiger charge is 2.32. The summed E-state index contributed by atoms with van der Waals surface area (Å²) in [5, 5.41) is 2.75. The summed E-state index contributed by atoms with van der Waals surface area (Å²) in [5.74, 6) is 0.0829. The molecular formula is C21H27N3O3. The molecule has 0 bridgehead atoms. The number of nitrogens with one attached hydrogen (secondary N) is 1. The van der Waals surface area contributed by atoms with Gasteiger partial charge in [0, 0.05) is 32.6 Å². The SMILES string of the molecule is O=C1CCC(C(=O)N2CCCN(C(=O)Cc3ccc4c(c3)CCC4)CC2)N1. The Bertz CT molecular complexity index is 761. The van der Waals surface area contributed by atoms with Crippen molar-refractivity contribution in [2.24, 2.45) is 0 Å². The van der Waals surface area contributed by atoms with E-state index in [0.717, 1.165) is 24.8 Å². The zero-order valence-electron chi connectivity index (χ0n) is 15.7. The molecule has 2 heterocycles. The Morgan fingerprint density at radius 1 is 0.963 bits per heavy atom. The van der Waals surface area contributed by atoms with Crippen LogP contribution in [0.25, 0.3) is 0 Å². The molecule has 1 atom stereocenters. The topological polar surface area (TPSA) is 69.7 Å². The molecule has 0 aromatic heterocycles. The molecule has 2 aliphatic heterocycles. The Morgan fingerprint density at radius 3 is 2.56 bits per heavy atom. The minimum Gasteiger partial charge on any atom is -0.344 e. The van der Waals surface area contributed by atoms with Gasteiger partial charge in [-0.2, -0.15) is 0 Å². The summed E-state index contributed by atoms with van der Waals surface area (Å²) in [5.41, 5.74) is 3.91. The van der Waals surface area contributed by atoms with E-state index in [1.165, 1.54) is 17.5 Å². The molecule has 27 heavy (non-hydrogen) atoms. The fourth-order valence-corrected chi connectivity index (χ4v) is 4.43. The van der Waals surface area contributed by atoms with Crippen LogP contribution in [0.4, 0.5) is 0 Å². The average Bonchev–Trinajstić information content (AvgIpc) is 3.22. The van der Waals surface area contributed by atoms with Crippen molar-refractivity contribution < 1.29 is 14.4 Å². The molecule has 0 spiro atoms. The monoisotopic (exact) mass is 369 g/mol. The Kier molecular flexibility index (Phi) is 5.14. The molecule has 1 aliphatic carbocycles. The molecule has 0 radical (unpaired) electrons. The number of nitrogens with zero attached hydrogens (tertiary/aromatic N) is 2. The zero-order valence-corrected chi connectivity index (χ0v) is 15.7. The van der Waals surface area contributed by atoms with Crippen LogP contribution in [0.3, 0.4) is 0 Å². The normalized spacial score (nSPS) is 22.4. The fraction of sp³-hybridized carbons (Fsp3) is 0.571. The van der Waals surface area contributed by atoms with E-state index in [9.17, 15) is 14.4 Å². The van der Waals surface area contributed by atoms with Gasteiger partial charge in [-0.25, -0.2) is 0 Å². The first-order valence-electron chi connectivity index (χ1n) is 10.1. The number of fused-ring (bicyclic) bond motifs is 1. The van der Waals surface area contributed by atoms with Crippen LogP contribution in [0.5, 0.6) is 0 Å². The molecule has 2 fully saturated rings. The highest BCUT2D eigenvalue weighted by atomic mass is 16.2. The molecular weight excluding hydrogens is 342 g/mol. The molecule has 1 N–H and O–H groups in total. The molecule has 1 aromatic carbocycles. The summed E-state index contributed by atoms with van der Waals surface area (Å²) < 4.78 is 0. The van der Waals surface area contributed by atoms with Gasteiger partial charge in [0.05, 0.1) is 6.42 Å². The maximum absolute atomic E-state index is 12.8. The molecule has 6 heteroatoms. The van der Waals surface area contributed by atoms with Crippen LogP contribution >= 0.6 is 0 Å². The molecule has 144 valence electrons. The first kappa shape index (κ1) is 18.0. The predicted molar refractivity (Wildman–Crippen MR) is 101 cm³/mol. The molecule has 1 unspecified atom stereocenters. The summed E-state index contributed by atoms with van der Waals surface area (Å²) in [6, 6.07) is 6.06. The number of carbonyl (C=O) groups is 3. The lowest BCUT2D eigenvalue weighted by Crippen LogP contribution is -2.46. The average molecular weight is 369 g/mol. The second kappa shape index (κ2) is 7.71. The highest BCUT2D eigenvalue weighted by Crippen LogP contribution is 2.23. The Morgan fingerprint density at radius 2 is 1.74 bits per heavy atom. The van der Waals surface area contributed by atoms with Crippen molar-refractivity contribution in [2.45, 2.75) is 51.0 Å². The quantitative estimate of drug-likeness (QED) is 0.866. The predicted octanol–water partition coefficient (Wildman–Crippen LogP) is 1.06. The first-order chi connectivity index (χ1) is 13.1. The van der Waals surface area contributed by atoms with Gasteiger partial charge in [-0.1, -0.05) is 18.2 Å². The summed E-state index contributed by atoms with van der Waals surface area (Å²) >= 11 is 0. The van der Waals surface area contributed by atoms with Gasteiger partial charge in [-0.05, 0) is 48.8 Å². The van der Waals surface area contributed by atoms with Crippen molar-refractivity contribution in [3.05, 3.63) is 34.9 Å². The van der Waals surface area contributed by atoms with Crippen molar-refractivity contribution in [3.63, 3.8) is 0 Å². The van der Waals surface area contributed by atoms with E-state index in [1.807, 2.05) is 4.90 Å². The second-order valence-corrected chi connectivity index (χ2v) is 7.85. The number of hydrogen-bond acceptors (Lipinski definition) is 3. The number of benzene rings is 1. The zero-order chi connectivity index (χ0) is 18.8. The largest absolute Gasteiger partial charge is 0.344 e. The molecule has 1 aromatic rings. The molecule has 3 aliphatic rings. The number of carbonyl (C=O) groups excluding carboxylic acids is 3. The van der Waals surface area contributed by atoms with Crippen molar-refractivity contribution in [1.29, 1.82) is 0 Å². The smallest absolute Gasteiger partial charge is 0.245 e. The Labute approximate surface area is 159 Å². The lowest BCUT2D eigenvalue weighted by molar-refractivity contribution is -0.135. The van der Waals surface area contributed by atoms with Crippen molar-refractivity contribution >= 4 is 17.7 Å². The standard InChI is InChI=1S/C21H27N3O3/c25-19-8-7-18(22-19)21(27)24-10-2-9-23(11-12-24)20(26)14-15-5-6-16-3-1-4-17(16)13-15/h5-6,13,18H,1-4,7-12,14H2,(H,22,25). The van der Waals surface area contributed by atoms with Gasteiger partial charge in [0.15, 0.2) is 0 Å². The molecule has 2 saturated heterocycles. The number of rotatable bonds is 3. The van der Waals surface area contributed by atoms with Crippen molar-refractivity contribution in [2.75, 3.05) is 26.2 Å². The van der Waals surface area contributed by atoms with Crippen LogP contribution in [0.1, 0.15) is 42.4 Å². The van der Waals surface area contributed by atoms with Crippen LogP contribution in [0, 0.1) is 0 Å². The van der Waals surface area contributed by atoms with E-state index >= 15 is 0 Å². The highest BCUT2D eigenvalue weighted by molar-refractivity contribution is 5.90. The molecule has 0 saturated carbocycles. The van der Waals surface area contributed by atoms with E-state index in [2.05, 4.69) is 23.5 Å². The minimum absolute atomic E-state index is 0.00577. The van der Waals surface area contributed by atoms with E-state index in [4.69, 9.17) is 0 Å². The number of amides is 3. The van der Waals surface area contributed by atoms with Gasteiger partial charge in [0.2, 0.25) is 17.7 Å². The van der Waals surface area contributed by atoms with Crippen LogP contribution < -0.4 is 5.32 Å². The number of aryl methyl sites for hydroxylation is 2. The summed E-state index contributed by atoms with van der Waals surface area (Å²) in [7, 11) is 0. The van der Waals surface area contributed by atoms with E-state index in [-0.39, 0.29) is 23.8 Å². The molecule has 4 rings (SSSR count). The van der Waals surface area contributed by atoms with Gasteiger partial charge in [-0.15, -0.1) is 0 Å². The fourth-order valence-electron chi connectivity index (χ4n) is 4.43. The third-order valence-electron chi connectivity index (χ3n) is 5.97. The van der Waals surface area contributed by atoms with E-state index in [0.29, 0.717) is 45.4 Å². The van der Waals surface area contributed by atoms with Crippen molar-refractivity contribution in [1.82, 2.24) is 15.1 Å². The lowest BCUT2D eigenvalue weighted by atomic mass is 10.0. The Balaban J connectivity index is 1.33. The van der Waals surface area contributed by atoms with Gasteiger partial charge < -0.3 is 15.1 Å². The van der Waals surface area contributed by atoms with Gasteiger partial charge in [-0.3, -0.25) is 14.4 Å². The minimum atomic E-state index is -0.383. The maximum Gasteiger partial charge on any atom is 0.245 e. The van der Waals surface area contributed by atoms with Crippen LogP contribution in [0.2, 0.25) is 0 Å². The number of hydrogen-bond donors (Lipinski definition) is 1. The maximum atomic E-state index is 12.8. The lowest BCUT2D eigenvalue weighted by Gasteiger charge is -2.24.